The van der Waals surface area contributed by atoms with Gasteiger partial charge in [-0.25, -0.2) is 4.98 Å². The monoisotopic (exact) mass is 383 g/mol. The van der Waals surface area contributed by atoms with Crippen molar-refractivity contribution in [3.05, 3.63) is 71.4 Å². The van der Waals surface area contributed by atoms with Crippen LogP contribution >= 0.6 is 11.6 Å². The van der Waals surface area contributed by atoms with E-state index in [0.717, 1.165) is 11.4 Å². The molecule has 6 nitrogen and oxygen atoms in total. The van der Waals surface area contributed by atoms with E-state index in [0.29, 0.717) is 27.8 Å². The van der Waals surface area contributed by atoms with Gasteiger partial charge in [0.2, 0.25) is 0 Å². The van der Waals surface area contributed by atoms with Crippen LogP contribution < -0.4 is 20.1 Å². The van der Waals surface area contributed by atoms with Gasteiger partial charge in [0.1, 0.15) is 17.3 Å². The smallest absolute Gasteiger partial charge is 0.255 e. The van der Waals surface area contributed by atoms with Crippen molar-refractivity contribution in [2.75, 3.05) is 24.9 Å². The molecule has 0 radical (unpaired) electrons. The molecule has 0 unspecified atom stereocenters. The Morgan fingerprint density at radius 1 is 1.00 bits per heavy atom. The van der Waals surface area contributed by atoms with Gasteiger partial charge in [-0.1, -0.05) is 11.6 Å². The summed E-state index contributed by atoms with van der Waals surface area (Å²) in [5.41, 5.74) is 1.77. The van der Waals surface area contributed by atoms with Gasteiger partial charge in [0.15, 0.2) is 0 Å². The Hall–Kier alpha value is -3.25. The number of nitrogens with one attached hydrogen (secondary N) is 2. The molecule has 3 aromatic rings. The molecule has 3 rings (SSSR count). The van der Waals surface area contributed by atoms with Crippen molar-refractivity contribution >= 4 is 34.7 Å². The van der Waals surface area contributed by atoms with Crippen LogP contribution in [-0.4, -0.2) is 25.1 Å². The maximum Gasteiger partial charge on any atom is 0.255 e. The first kappa shape index (κ1) is 18.5. The average Bonchev–Trinajstić information content (AvgIpc) is 2.69. The lowest BCUT2D eigenvalue weighted by Crippen LogP contribution is -2.13. The van der Waals surface area contributed by atoms with E-state index in [1.54, 1.807) is 43.6 Å². The van der Waals surface area contributed by atoms with E-state index < -0.39 is 0 Å². The summed E-state index contributed by atoms with van der Waals surface area (Å²) in [4.78, 5) is 16.8. The minimum absolute atomic E-state index is 0.296. The van der Waals surface area contributed by atoms with Gasteiger partial charge in [0.25, 0.3) is 5.91 Å². The number of methoxy groups -OCH3 is 2. The lowest BCUT2D eigenvalue weighted by Gasteiger charge is -2.11. The highest BCUT2D eigenvalue weighted by atomic mass is 35.5. The SMILES string of the molecule is COc1ccc(Nc2cc(C(=O)Nc3cc(Cl)ccc3OC)ccn2)cc1. The van der Waals surface area contributed by atoms with Crippen LogP contribution in [0.1, 0.15) is 10.4 Å². The van der Waals surface area contributed by atoms with Gasteiger partial charge in [-0.05, 0) is 54.6 Å². The Morgan fingerprint density at radius 2 is 1.78 bits per heavy atom. The molecule has 0 aliphatic heterocycles. The number of amides is 1. The number of rotatable bonds is 6. The van der Waals surface area contributed by atoms with E-state index in [1.165, 1.54) is 7.11 Å². The van der Waals surface area contributed by atoms with Crippen LogP contribution in [0.15, 0.2) is 60.8 Å². The second kappa shape index (κ2) is 8.42. The van der Waals surface area contributed by atoms with E-state index in [2.05, 4.69) is 15.6 Å². The molecule has 0 saturated heterocycles. The summed E-state index contributed by atoms with van der Waals surface area (Å²) in [7, 11) is 3.14. The molecule has 0 bridgehead atoms. The van der Waals surface area contributed by atoms with Gasteiger partial charge < -0.3 is 20.1 Å². The molecule has 1 heterocycles. The quantitative estimate of drug-likeness (QED) is 0.642. The molecule has 138 valence electrons. The van der Waals surface area contributed by atoms with Gasteiger partial charge in [-0.3, -0.25) is 4.79 Å². The van der Waals surface area contributed by atoms with Crippen LogP contribution in [0, 0.1) is 0 Å². The fourth-order valence-electron chi connectivity index (χ4n) is 2.43. The molecule has 1 amide bonds. The topological polar surface area (TPSA) is 72.5 Å². The number of nitrogens with zero attached hydrogens (tertiary/aromatic N) is 1. The maximum atomic E-state index is 12.6. The first-order valence-electron chi connectivity index (χ1n) is 8.11. The van der Waals surface area contributed by atoms with Crippen molar-refractivity contribution in [3.63, 3.8) is 0 Å². The first-order chi connectivity index (χ1) is 13.1. The van der Waals surface area contributed by atoms with Crippen molar-refractivity contribution < 1.29 is 14.3 Å². The number of aromatic nitrogens is 1. The Morgan fingerprint density at radius 3 is 2.48 bits per heavy atom. The molecule has 7 heteroatoms. The molecule has 0 saturated carbocycles. The van der Waals surface area contributed by atoms with Crippen molar-refractivity contribution in [1.82, 2.24) is 4.98 Å². The van der Waals surface area contributed by atoms with Crippen LogP contribution in [0.2, 0.25) is 5.02 Å². The molecule has 2 aromatic carbocycles. The molecule has 0 fully saturated rings. The summed E-state index contributed by atoms with van der Waals surface area (Å²) in [6, 6.07) is 15.7. The molecule has 0 aliphatic rings. The van der Waals surface area contributed by atoms with Crippen LogP contribution in [0.4, 0.5) is 17.2 Å². The van der Waals surface area contributed by atoms with Crippen LogP contribution in [0.5, 0.6) is 11.5 Å². The zero-order chi connectivity index (χ0) is 19.2. The predicted octanol–water partition coefficient (Wildman–Crippen LogP) is 4.75. The number of benzene rings is 2. The average molecular weight is 384 g/mol. The van der Waals surface area contributed by atoms with E-state index in [-0.39, 0.29) is 5.91 Å². The predicted molar refractivity (Wildman–Crippen MR) is 106 cm³/mol. The highest BCUT2D eigenvalue weighted by molar-refractivity contribution is 6.31. The van der Waals surface area contributed by atoms with E-state index in [9.17, 15) is 4.79 Å². The number of anilines is 3. The number of halogens is 1. The molecule has 1 aromatic heterocycles. The number of carbonyl (C=O) groups is 1. The summed E-state index contributed by atoms with van der Waals surface area (Å²) in [5.74, 6) is 1.54. The third kappa shape index (κ3) is 4.68. The Kier molecular flexibility index (Phi) is 5.78. The number of hydrogen-bond acceptors (Lipinski definition) is 5. The largest absolute Gasteiger partial charge is 0.497 e. The molecule has 0 atom stereocenters. The molecule has 0 aliphatic carbocycles. The summed E-state index contributed by atoms with van der Waals surface area (Å²) < 4.78 is 10.4. The minimum atomic E-state index is -0.296. The van der Waals surface area contributed by atoms with Gasteiger partial charge in [0, 0.05) is 22.5 Å². The molecule has 27 heavy (non-hydrogen) atoms. The second-order valence-electron chi connectivity index (χ2n) is 5.58. The third-order valence-corrected chi connectivity index (χ3v) is 4.03. The van der Waals surface area contributed by atoms with Gasteiger partial charge >= 0.3 is 0 Å². The molecule has 2 N–H and O–H groups in total. The first-order valence-corrected chi connectivity index (χ1v) is 8.49. The Balaban J connectivity index is 1.76. The summed E-state index contributed by atoms with van der Waals surface area (Å²) in [6.45, 7) is 0. The van der Waals surface area contributed by atoms with Crippen LogP contribution in [0.25, 0.3) is 0 Å². The third-order valence-electron chi connectivity index (χ3n) is 3.79. The van der Waals surface area contributed by atoms with Crippen molar-refractivity contribution in [1.29, 1.82) is 0 Å². The van der Waals surface area contributed by atoms with Gasteiger partial charge in [-0.15, -0.1) is 0 Å². The highest BCUT2D eigenvalue weighted by Crippen LogP contribution is 2.28. The fourth-order valence-corrected chi connectivity index (χ4v) is 2.61. The highest BCUT2D eigenvalue weighted by Gasteiger charge is 2.11. The lowest BCUT2D eigenvalue weighted by atomic mass is 10.2. The van der Waals surface area contributed by atoms with Crippen molar-refractivity contribution in [2.45, 2.75) is 0 Å². The molecular weight excluding hydrogens is 366 g/mol. The van der Waals surface area contributed by atoms with Gasteiger partial charge in [-0.2, -0.15) is 0 Å². The Bertz CT molecular complexity index is 945. The van der Waals surface area contributed by atoms with Gasteiger partial charge in [0.05, 0.1) is 19.9 Å². The Labute approximate surface area is 162 Å². The minimum Gasteiger partial charge on any atom is -0.497 e. The van der Waals surface area contributed by atoms with E-state index in [4.69, 9.17) is 21.1 Å². The van der Waals surface area contributed by atoms with Crippen molar-refractivity contribution in [3.8, 4) is 11.5 Å². The normalized spacial score (nSPS) is 10.2. The molecule has 0 spiro atoms. The zero-order valence-electron chi connectivity index (χ0n) is 14.8. The zero-order valence-corrected chi connectivity index (χ0v) is 15.6. The summed E-state index contributed by atoms with van der Waals surface area (Å²) in [6.07, 6.45) is 1.57. The molecular formula is C20H18ClN3O3. The van der Waals surface area contributed by atoms with Crippen LogP contribution in [-0.2, 0) is 0 Å². The van der Waals surface area contributed by atoms with Crippen molar-refractivity contribution in [2.24, 2.45) is 0 Å². The fraction of sp³-hybridized carbons (Fsp3) is 0.100. The maximum absolute atomic E-state index is 12.6. The second-order valence-corrected chi connectivity index (χ2v) is 6.02. The van der Waals surface area contributed by atoms with E-state index >= 15 is 0 Å². The van der Waals surface area contributed by atoms with Crippen LogP contribution in [0.3, 0.4) is 0 Å². The number of hydrogen-bond donors (Lipinski definition) is 2. The number of pyridine rings is 1. The standard InChI is InChI=1S/C20H18ClN3O3/c1-26-16-6-4-15(5-7-16)23-19-11-13(9-10-22-19)20(25)24-17-12-14(21)3-8-18(17)27-2/h3-12H,1-2H3,(H,22,23)(H,24,25). The summed E-state index contributed by atoms with van der Waals surface area (Å²) in [5, 5.41) is 6.46. The lowest BCUT2D eigenvalue weighted by molar-refractivity contribution is 0.102. The summed E-state index contributed by atoms with van der Waals surface area (Å²) >= 11 is 6.00. The van der Waals surface area contributed by atoms with E-state index in [1.807, 2.05) is 24.3 Å². The number of carbonyl (C=O) groups excluding carboxylic acids is 1. The number of ether oxygens (including phenoxy) is 2.